The van der Waals surface area contributed by atoms with Gasteiger partial charge in [0.15, 0.2) is 0 Å². The van der Waals surface area contributed by atoms with E-state index >= 15 is 0 Å². The Morgan fingerprint density at radius 3 is 2.46 bits per heavy atom. The molecule has 3 unspecified atom stereocenters. The van der Waals surface area contributed by atoms with Crippen LogP contribution in [0.4, 0.5) is 0 Å². The molecule has 1 aliphatic heterocycles. The number of carboxylic acid groups (broad SMARTS) is 1. The van der Waals surface area contributed by atoms with Crippen LogP contribution < -0.4 is 0 Å². The number of carboxylic acids is 1. The second-order valence-corrected chi connectivity index (χ2v) is 8.25. The SMILES string of the molecule is COCCN1CC(c2ccccc2)CCC(C(C(=O)O)C(C)(C)C)C1=O. The van der Waals surface area contributed by atoms with Gasteiger partial charge in [0, 0.05) is 26.1 Å². The number of rotatable bonds is 6. The number of amides is 1. The summed E-state index contributed by atoms with van der Waals surface area (Å²) < 4.78 is 5.17. The molecule has 1 N–H and O–H groups in total. The summed E-state index contributed by atoms with van der Waals surface area (Å²) in [5.74, 6) is -1.92. The van der Waals surface area contributed by atoms with Crippen LogP contribution in [0.25, 0.3) is 0 Å². The highest BCUT2D eigenvalue weighted by Crippen LogP contribution is 2.39. The zero-order valence-electron chi connectivity index (χ0n) is 16.3. The fourth-order valence-electron chi connectivity index (χ4n) is 4.04. The number of hydrogen-bond donors (Lipinski definition) is 1. The van der Waals surface area contributed by atoms with Gasteiger partial charge >= 0.3 is 5.97 Å². The molecule has 0 spiro atoms. The first kappa shape index (κ1) is 20.4. The predicted molar refractivity (Wildman–Crippen MR) is 101 cm³/mol. The summed E-state index contributed by atoms with van der Waals surface area (Å²) in [5.41, 5.74) is 0.720. The molecule has 1 heterocycles. The van der Waals surface area contributed by atoms with Crippen LogP contribution >= 0.6 is 0 Å². The number of nitrogens with zero attached hydrogens (tertiary/aromatic N) is 1. The average molecular weight is 361 g/mol. The standard InChI is InChI=1S/C21H31NO4/c1-21(2,3)18(20(24)25)17-11-10-16(15-8-6-5-7-9-15)14-22(19(17)23)12-13-26-4/h5-9,16-18H,10-14H2,1-4H3,(H,24,25). The lowest BCUT2D eigenvalue weighted by atomic mass is 9.71. The zero-order chi connectivity index (χ0) is 19.3. The van der Waals surface area contributed by atoms with E-state index in [2.05, 4.69) is 12.1 Å². The Balaban J connectivity index is 2.33. The monoisotopic (exact) mass is 361 g/mol. The molecule has 0 aromatic heterocycles. The van der Waals surface area contributed by atoms with E-state index in [1.807, 2.05) is 39.0 Å². The summed E-state index contributed by atoms with van der Waals surface area (Å²) in [7, 11) is 1.61. The van der Waals surface area contributed by atoms with Crippen LogP contribution in [-0.4, -0.2) is 48.7 Å². The topological polar surface area (TPSA) is 66.8 Å². The second-order valence-electron chi connectivity index (χ2n) is 8.25. The van der Waals surface area contributed by atoms with Gasteiger partial charge in [0.2, 0.25) is 5.91 Å². The number of likely N-dealkylation sites (tertiary alicyclic amines) is 1. The lowest BCUT2D eigenvalue weighted by Gasteiger charge is -2.34. The van der Waals surface area contributed by atoms with Crippen LogP contribution in [0.2, 0.25) is 0 Å². The van der Waals surface area contributed by atoms with Crippen LogP contribution in [0.3, 0.4) is 0 Å². The van der Waals surface area contributed by atoms with Crippen molar-refractivity contribution < 1.29 is 19.4 Å². The predicted octanol–water partition coefficient (Wildman–Crippen LogP) is 3.40. The van der Waals surface area contributed by atoms with E-state index in [1.165, 1.54) is 5.56 Å². The number of carbonyl (C=O) groups excluding carboxylic acids is 1. The second kappa shape index (κ2) is 8.67. The van der Waals surface area contributed by atoms with E-state index in [0.717, 1.165) is 6.42 Å². The van der Waals surface area contributed by atoms with Gasteiger partial charge in [0.1, 0.15) is 0 Å². The summed E-state index contributed by atoms with van der Waals surface area (Å²) in [6.45, 7) is 7.26. The molecule has 5 heteroatoms. The highest BCUT2D eigenvalue weighted by atomic mass is 16.5. The lowest BCUT2D eigenvalue weighted by Crippen LogP contribution is -2.45. The summed E-state index contributed by atoms with van der Waals surface area (Å²) in [6.07, 6.45) is 1.40. The van der Waals surface area contributed by atoms with Gasteiger partial charge in [-0.3, -0.25) is 9.59 Å². The van der Waals surface area contributed by atoms with E-state index in [1.54, 1.807) is 12.0 Å². The third-order valence-electron chi connectivity index (χ3n) is 5.33. The molecule has 2 rings (SSSR count). The van der Waals surface area contributed by atoms with Gasteiger partial charge < -0.3 is 14.7 Å². The smallest absolute Gasteiger partial charge is 0.307 e. The molecule has 1 amide bonds. The molecule has 1 aromatic carbocycles. The van der Waals surface area contributed by atoms with E-state index < -0.39 is 23.2 Å². The van der Waals surface area contributed by atoms with Crippen LogP contribution in [0.15, 0.2) is 30.3 Å². The molecule has 0 saturated carbocycles. The largest absolute Gasteiger partial charge is 0.481 e. The normalized spacial score (nSPS) is 22.8. The van der Waals surface area contributed by atoms with Crippen LogP contribution in [0, 0.1) is 17.3 Å². The number of ether oxygens (including phenoxy) is 1. The summed E-state index contributed by atoms with van der Waals surface area (Å²) in [6, 6.07) is 10.2. The minimum atomic E-state index is -0.888. The first-order chi connectivity index (χ1) is 12.3. The highest BCUT2D eigenvalue weighted by Gasteiger charge is 2.44. The molecule has 0 aliphatic carbocycles. The van der Waals surface area contributed by atoms with Crippen molar-refractivity contribution in [2.45, 2.75) is 39.5 Å². The Morgan fingerprint density at radius 1 is 1.27 bits per heavy atom. The lowest BCUT2D eigenvalue weighted by molar-refractivity contribution is -0.155. The maximum Gasteiger partial charge on any atom is 0.307 e. The van der Waals surface area contributed by atoms with Crippen molar-refractivity contribution in [1.82, 2.24) is 4.90 Å². The van der Waals surface area contributed by atoms with Crippen LogP contribution in [0.5, 0.6) is 0 Å². The van der Waals surface area contributed by atoms with Crippen molar-refractivity contribution in [3.05, 3.63) is 35.9 Å². The van der Waals surface area contributed by atoms with Crippen LogP contribution in [0.1, 0.15) is 45.1 Å². The summed E-state index contributed by atoms with van der Waals surface area (Å²) in [5, 5.41) is 9.82. The van der Waals surface area contributed by atoms with Gasteiger partial charge in [-0.1, -0.05) is 51.1 Å². The average Bonchev–Trinajstić information content (AvgIpc) is 2.73. The molecule has 1 fully saturated rings. The Bertz CT molecular complexity index is 608. The number of methoxy groups -OCH3 is 1. The molecule has 1 aromatic rings. The van der Waals surface area contributed by atoms with Crippen molar-refractivity contribution in [2.75, 3.05) is 26.8 Å². The Morgan fingerprint density at radius 2 is 1.92 bits per heavy atom. The van der Waals surface area contributed by atoms with Crippen molar-refractivity contribution in [3.8, 4) is 0 Å². The van der Waals surface area contributed by atoms with Gasteiger partial charge in [-0.2, -0.15) is 0 Å². The molecule has 1 aliphatic rings. The van der Waals surface area contributed by atoms with Gasteiger partial charge in [0.05, 0.1) is 18.4 Å². The quantitative estimate of drug-likeness (QED) is 0.843. The first-order valence-corrected chi connectivity index (χ1v) is 9.31. The highest BCUT2D eigenvalue weighted by molar-refractivity contribution is 5.85. The number of carbonyl (C=O) groups is 2. The number of aliphatic carboxylic acids is 1. The first-order valence-electron chi connectivity index (χ1n) is 9.31. The Hall–Kier alpha value is -1.88. The molecule has 144 valence electrons. The molecule has 3 atom stereocenters. The molecule has 5 nitrogen and oxygen atoms in total. The zero-order valence-corrected chi connectivity index (χ0v) is 16.3. The molecule has 1 saturated heterocycles. The van der Waals surface area contributed by atoms with Gasteiger partial charge in [-0.25, -0.2) is 0 Å². The maximum absolute atomic E-state index is 13.2. The van der Waals surface area contributed by atoms with E-state index in [4.69, 9.17) is 4.74 Å². The minimum Gasteiger partial charge on any atom is -0.481 e. The molecular formula is C21H31NO4. The Kier molecular flexibility index (Phi) is 6.81. The van der Waals surface area contributed by atoms with Crippen molar-refractivity contribution in [1.29, 1.82) is 0 Å². The molecular weight excluding hydrogens is 330 g/mol. The van der Waals surface area contributed by atoms with E-state index in [9.17, 15) is 14.7 Å². The molecule has 26 heavy (non-hydrogen) atoms. The maximum atomic E-state index is 13.2. The van der Waals surface area contributed by atoms with Crippen molar-refractivity contribution >= 4 is 11.9 Å². The summed E-state index contributed by atoms with van der Waals surface area (Å²) in [4.78, 5) is 27.0. The van der Waals surface area contributed by atoms with E-state index in [0.29, 0.717) is 26.1 Å². The van der Waals surface area contributed by atoms with Gasteiger partial charge in [-0.05, 0) is 23.8 Å². The molecule has 0 bridgehead atoms. The fraction of sp³-hybridized carbons (Fsp3) is 0.619. The van der Waals surface area contributed by atoms with E-state index in [-0.39, 0.29) is 11.8 Å². The van der Waals surface area contributed by atoms with Crippen molar-refractivity contribution in [2.24, 2.45) is 17.3 Å². The Labute approximate surface area is 156 Å². The van der Waals surface area contributed by atoms with Crippen molar-refractivity contribution in [3.63, 3.8) is 0 Å². The number of benzene rings is 1. The number of hydrogen-bond acceptors (Lipinski definition) is 3. The van der Waals surface area contributed by atoms with Gasteiger partial charge in [-0.15, -0.1) is 0 Å². The van der Waals surface area contributed by atoms with Crippen LogP contribution in [-0.2, 0) is 14.3 Å². The third-order valence-corrected chi connectivity index (χ3v) is 5.33. The van der Waals surface area contributed by atoms with Gasteiger partial charge in [0.25, 0.3) is 0 Å². The fourth-order valence-corrected chi connectivity index (χ4v) is 4.04. The minimum absolute atomic E-state index is 0.0530. The molecule has 0 radical (unpaired) electrons. The summed E-state index contributed by atoms with van der Waals surface area (Å²) >= 11 is 0. The third kappa shape index (κ3) is 4.85.